The molecular weight excluding hydrogens is 200 g/mol. The first-order valence-electron chi connectivity index (χ1n) is 5.17. The second-order valence-corrected chi connectivity index (χ2v) is 4.99. The molecule has 84 valence electrons. The normalized spacial score (nSPS) is 21.4. The number of epoxide rings is 1. The van der Waals surface area contributed by atoms with Gasteiger partial charge in [-0.1, -0.05) is 0 Å². The molecule has 1 aliphatic heterocycles. The Labute approximate surface area is 88.3 Å². The van der Waals surface area contributed by atoms with Gasteiger partial charge in [0.15, 0.2) is 5.41 Å². The Kier molecular flexibility index (Phi) is 5.04. The van der Waals surface area contributed by atoms with Gasteiger partial charge in [-0.05, 0) is 13.8 Å². The molecule has 0 aromatic rings. The summed E-state index contributed by atoms with van der Waals surface area (Å²) in [7, 11) is 0.808. The van der Waals surface area contributed by atoms with Crippen molar-refractivity contribution in [2.24, 2.45) is 0 Å². The highest BCUT2D eigenvalue weighted by molar-refractivity contribution is 6.13. The molecule has 0 bridgehead atoms. The lowest BCUT2D eigenvalue weighted by Crippen LogP contribution is -2.42. The first-order chi connectivity index (χ1) is 6.70. The summed E-state index contributed by atoms with van der Waals surface area (Å²) in [5.41, 5.74) is -0.474. The predicted octanol–water partition coefficient (Wildman–Crippen LogP) is -0.506. The highest BCUT2D eigenvalue weighted by Gasteiger charge is 2.28. The molecule has 1 atom stereocenters. The van der Waals surface area contributed by atoms with E-state index in [1.165, 1.54) is 0 Å². The average molecular weight is 220 g/mol. The van der Waals surface area contributed by atoms with E-state index in [0.29, 0.717) is 32.5 Å². The molecule has 0 saturated carbocycles. The zero-order valence-electron chi connectivity index (χ0n) is 9.25. The summed E-state index contributed by atoms with van der Waals surface area (Å²) in [6.07, 6.45) is 0.309. The molecule has 0 aliphatic carbocycles. The predicted molar refractivity (Wildman–Crippen MR) is 56.5 cm³/mol. The van der Waals surface area contributed by atoms with Gasteiger partial charge in [0.1, 0.15) is 6.10 Å². The Bertz CT molecular complexity index is 155. The van der Waals surface area contributed by atoms with Crippen LogP contribution in [0.5, 0.6) is 0 Å². The Morgan fingerprint density at radius 2 is 1.93 bits per heavy atom. The molecule has 0 aromatic carbocycles. The Hall–Kier alpha value is 0.0569. The van der Waals surface area contributed by atoms with Crippen molar-refractivity contribution < 1.29 is 18.9 Å². The number of ether oxygens (including phenoxy) is 4. The second kappa shape index (κ2) is 5.82. The highest BCUT2D eigenvalue weighted by Crippen LogP contribution is 2.13. The first kappa shape index (κ1) is 12.1. The third-order valence-electron chi connectivity index (χ3n) is 1.97. The smallest absolute Gasteiger partial charge is 0.163 e. The molecule has 0 N–H and O–H groups in total. The van der Waals surface area contributed by atoms with Gasteiger partial charge in [0.25, 0.3) is 0 Å². The Balaban J connectivity index is 2.17. The van der Waals surface area contributed by atoms with E-state index in [0.717, 1.165) is 16.8 Å². The fourth-order valence-corrected chi connectivity index (χ4v) is 2.06. The highest BCUT2D eigenvalue weighted by atomic mass is 28.1. The van der Waals surface area contributed by atoms with E-state index in [1.807, 2.05) is 13.8 Å². The van der Waals surface area contributed by atoms with Crippen molar-refractivity contribution in [1.82, 2.24) is 0 Å². The summed E-state index contributed by atoms with van der Waals surface area (Å²) < 4.78 is 21.6. The minimum absolute atomic E-state index is 0.309. The van der Waals surface area contributed by atoms with Crippen LogP contribution in [0.4, 0.5) is 0 Å². The maximum atomic E-state index is 5.55. The van der Waals surface area contributed by atoms with Gasteiger partial charge in [-0.15, -0.1) is 0 Å². The fourth-order valence-electron chi connectivity index (χ4n) is 1.28. The van der Waals surface area contributed by atoms with Crippen LogP contribution >= 0.6 is 0 Å². The zero-order chi connectivity index (χ0) is 10.4. The van der Waals surface area contributed by atoms with Crippen LogP contribution in [0.1, 0.15) is 13.8 Å². The molecule has 1 fully saturated rings. The molecule has 1 rings (SSSR count). The summed E-state index contributed by atoms with van der Waals surface area (Å²) in [6.45, 7) is 7.26. The largest absolute Gasteiger partial charge is 0.374 e. The lowest BCUT2D eigenvalue weighted by atomic mass is 10.5. The van der Waals surface area contributed by atoms with Crippen molar-refractivity contribution in [3.8, 4) is 0 Å². The van der Waals surface area contributed by atoms with Gasteiger partial charge in [0, 0.05) is 13.2 Å². The number of hydrogen-bond donors (Lipinski definition) is 0. The summed E-state index contributed by atoms with van der Waals surface area (Å²) in [4.78, 5) is 0. The van der Waals surface area contributed by atoms with Crippen molar-refractivity contribution in [2.75, 3.05) is 33.0 Å². The van der Waals surface area contributed by atoms with E-state index in [1.54, 1.807) is 0 Å². The van der Waals surface area contributed by atoms with Gasteiger partial charge in [0.2, 0.25) is 0 Å². The van der Waals surface area contributed by atoms with Gasteiger partial charge in [-0.25, -0.2) is 0 Å². The molecular formula is C9H20O4Si. The van der Waals surface area contributed by atoms with E-state index < -0.39 is 5.41 Å². The molecule has 0 radical (unpaired) electrons. The van der Waals surface area contributed by atoms with Gasteiger partial charge in [-0.2, -0.15) is 0 Å². The van der Waals surface area contributed by atoms with Crippen LogP contribution in [0.15, 0.2) is 0 Å². The summed E-state index contributed by atoms with van der Waals surface area (Å²) in [5.74, 6) is 0. The van der Waals surface area contributed by atoms with Crippen molar-refractivity contribution in [3.05, 3.63) is 0 Å². The van der Waals surface area contributed by atoms with Gasteiger partial charge >= 0.3 is 0 Å². The molecule has 5 heteroatoms. The maximum absolute atomic E-state index is 5.55. The van der Waals surface area contributed by atoms with Crippen molar-refractivity contribution in [2.45, 2.75) is 25.4 Å². The van der Waals surface area contributed by atoms with Crippen LogP contribution in [0.2, 0.25) is 0 Å². The maximum Gasteiger partial charge on any atom is 0.163 e. The van der Waals surface area contributed by atoms with Crippen LogP contribution in [-0.2, 0) is 18.9 Å². The third kappa shape index (κ3) is 4.52. The lowest BCUT2D eigenvalue weighted by Gasteiger charge is -2.29. The van der Waals surface area contributed by atoms with Crippen molar-refractivity contribution >= 4 is 10.2 Å². The minimum Gasteiger partial charge on any atom is -0.374 e. The quantitative estimate of drug-likeness (QED) is 0.314. The topological polar surface area (TPSA) is 40.2 Å². The summed E-state index contributed by atoms with van der Waals surface area (Å²) in [6, 6.07) is 0. The molecule has 1 saturated heterocycles. The fraction of sp³-hybridized carbons (Fsp3) is 1.00. The van der Waals surface area contributed by atoms with Crippen LogP contribution in [-0.4, -0.2) is 54.8 Å². The number of rotatable bonds is 8. The standard InChI is InChI=1S/C9H20O4Si/c1-3-12-9(14,13-4-2)7-10-5-8-6-11-8/h8H,3-7H2,1-2,14H3. The van der Waals surface area contributed by atoms with Crippen LogP contribution in [0.3, 0.4) is 0 Å². The minimum atomic E-state index is -0.474. The average Bonchev–Trinajstić information content (AvgIpc) is 2.89. The summed E-state index contributed by atoms with van der Waals surface area (Å²) in [5, 5.41) is 0. The first-order valence-corrected chi connectivity index (χ1v) is 6.17. The monoisotopic (exact) mass is 220 g/mol. The van der Waals surface area contributed by atoms with Gasteiger partial charge < -0.3 is 18.9 Å². The van der Waals surface area contributed by atoms with Crippen LogP contribution < -0.4 is 0 Å². The van der Waals surface area contributed by atoms with Crippen molar-refractivity contribution in [3.63, 3.8) is 0 Å². The van der Waals surface area contributed by atoms with Gasteiger partial charge in [0.05, 0.1) is 30.1 Å². The molecule has 1 unspecified atom stereocenters. The molecule has 14 heavy (non-hydrogen) atoms. The van der Waals surface area contributed by atoms with E-state index in [9.17, 15) is 0 Å². The van der Waals surface area contributed by atoms with Gasteiger partial charge in [-0.3, -0.25) is 0 Å². The second-order valence-electron chi connectivity index (χ2n) is 3.47. The van der Waals surface area contributed by atoms with Crippen LogP contribution in [0, 0.1) is 0 Å². The van der Waals surface area contributed by atoms with E-state index in [4.69, 9.17) is 18.9 Å². The molecule has 0 spiro atoms. The SMILES string of the molecule is CCOC([SiH3])(COCC1CO1)OCC. The molecule has 4 nitrogen and oxygen atoms in total. The molecule has 1 heterocycles. The Morgan fingerprint density at radius 1 is 1.36 bits per heavy atom. The Morgan fingerprint density at radius 3 is 2.36 bits per heavy atom. The van der Waals surface area contributed by atoms with E-state index in [2.05, 4.69) is 0 Å². The molecule has 0 aromatic heterocycles. The lowest BCUT2D eigenvalue weighted by molar-refractivity contribution is -0.202. The third-order valence-corrected chi connectivity index (χ3v) is 2.84. The van der Waals surface area contributed by atoms with E-state index >= 15 is 0 Å². The molecule has 1 aliphatic rings. The summed E-state index contributed by atoms with van der Waals surface area (Å²) >= 11 is 0. The van der Waals surface area contributed by atoms with E-state index in [-0.39, 0.29) is 0 Å². The van der Waals surface area contributed by atoms with Crippen molar-refractivity contribution in [1.29, 1.82) is 0 Å². The number of hydrogen-bond acceptors (Lipinski definition) is 4. The molecule has 0 amide bonds. The van der Waals surface area contributed by atoms with Crippen LogP contribution in [0.25, 0.3) is 0 Å². The zero-order valence-corrected chi connectivity index (χ0v) is 11.2.